The molecule has 8 fully saturated rings. The zero-order valence-corrected chi connectivity index (χ0v) is 35.7. The minimum absolute atomic E-state index is 0.00556. The van der Waals surface area contributed by atoms with Gasteiger partial charge in [-0.3, -0.25) is 10.1 Å². The molecule has 19 atom stereocenters. The molecule has 0 aromatic rings. The van der Waals surface area contributed by atoms with E-state index >= 15 is 0 Å². The second-order valence-corrected chi connectivity index (χ2v) is 20.4. The highest BCUT2D eigenvalue weighted by Gasteiger charge is 2.64. The molecule has 9 heterocycles. The van der Waals surface area contributed by atoms with Crippen molar-refractivity contribution in [3.8, 4) is 0 Å². The molecule has 13 nitrogen and oxygen atoms in total. The van der Waals surface area contributed by atoms with Crippen molar-refractivity contribution in [3.63, 3.8) is 0 Å². The zero-order valence-electron chi connectivity index (χ0n) is 35.7. The van der Waals surface area contributed by atoms with Crippen molar-refractivity contribution in [1.29, 1.82) is 0 Å². The molecule has 9 rings (SSSR count). The summed E-state index contributed by atoms with van der Waals surface area (Å²) in [6.07, 6.45) is 12.5. The minimum Gasteiger partial charge on any atom is -0.481 e. The molecule has 59 heavy (non-hydrogen) atoms. The molecule has 1 unspecified atom stereocenters. The Hall–Kier alpha value is -1.75. The Labute approximate surface area is 349 Å². The average molecular weight is 828 g/mol. The summed E-state index contributed by atoms with van der Waals surface area (Å²) < 4.78 is 53.9. The molecule has 3 spiro atoms. The number of hydrogen-bond acceptors (Lipinski definition) is 12. The van der Waals surface area contributed by atoms with Crippen molar-refractivity contribution in [3.05, 3.63) is 36.5 Å². The number of nitrogens with one attached hydrogen (secondary N) is 1. The number of aliphatic carboxylic acids is 1. The fourth-order valence-corrected chi connectivity index (χ4v) is 12.4. The highest BCUT2D eigenvalue weighted by Crippen LogP contribution is 2.55. The fourth-order valence-electron chi connectivity index (χ4n) is 12.4. The summed E-state index contributed by atoms with van der Waals surface area (Å²) in [5.74, 6) is -3.82. The molecule has 0 aliphatic carbocycles. The highest BCUT2D eigenvalue weighted by molar-refractivity contribution is 5.66. The lowest BCUT2D eigenvalue weighted by Gasteiger charge is -2.52. The van der Waals surface area contributed by atoms with Crippen LogP contribution >= 0.6 is 0 Å². The SMILES string of the molecule is C=C(C[C@@]12C[C@@H](C)CC(O1)[C@H]1O[C@]3(C[C@H]1O2)NC[C@H](C)C[C@@H]3C)[C@H]1O[C@@](O)([C@H](O)[C@@H]2C[C@H]3O[C@@]4(CC[C@]5(CC=C[C@@H](/C=C/CCC(=O)O)O5)O4)[C@H](C)C[C@H]3O2)CC[C@@H]1C. The summed E-state index contributed by atoms with van der Waals surface area (Å²) in [5, 5.41) is 36.8. The first kappa shape index (κ1) is 42.5. The second kappa shape index (κ2) is 15.8. The Balaban J connectivity index is 0.831. The van der Waals surface area contributed by atoms with E-state index in [0.717, 1.165) is 37.8 Å². The average Bonchev–Trinajstić information content (AvgIpc) is 3.86. The molecule has 4 N–H and O–H groups in total. The third-order valence-electron chi connectivity index (χ3n) is 15.5. The summed E-state index contributed by atoms with van der Waals surface area (Å²) in [4.78, 5) is 10.9. The van der Waals surface area contributed by atoms with Gasteiger partial charge in [-0.25, -0.2) is 0 Å². The van der Waals surface area contributed by atoms with Crippen LogP contribution in [0.15, 0.2) is 36.5 Å². The van der Waals surface area contributed by atoms with Gasteiger partial charge in [0.25, 0.3) is 0 Å². The van der Waals surface area contributed by atoms with E-state index in [0.29, 0.717) is 69.1 Å². The van der Waals surface area contributed by atoms with E-state index in [4.69, 9.17) is 43.0 Å². The Morgan fingerprint density at radius 3 is 2.51 bits per heavy atom. The topological polar surface area (TPSA) is 164 Å². The third-order valence-corrected chi connectivity index (χ3v) is 15.5. The number of carboxylic acid groups (broad SMARTS) is 1. The Kier molecular flexibility index (Phi) is 11.4. The van der Waals surface area contributed by atoms with E-state index in [9.17, 15) is 15.0 Å². The number of carboxylic acids is 1. The number of allylic oxidation sites excluding steroid dienone is 1. The Bertz CT molecular complexity index is 1660. The maximum atomic E-state index is 12.2. The van der Waals surface area contributed by atoms with Crippen molar-refractivity contribution in [2.75, 3.05) is 6.54 Å². The molecule has 0 radical (unpaired) electrons. The van der Waals surface area contributed by atoms with Gasteiger partial charge in [-0.1, -0.05) is 65.5 Å². The lowest BCUT2D eigenvalue weighted by molar-refractivity contribution is -0.366. The normalized spacial score (nSPS) is 52.3. The van der Waals surface area contributed by atoms with Crippen LogP contribution in [0.3, 0.4) is 0 Å². The molecular formula is C46H69NO12. The van der Waals surface area contributed by atoms with Gasteiger partial charge in [0.05, 0.1) is 42.7 Å². The molecule has 330 valence electrons. The molecule has 8 saturated heterocycles. The number of piperidine rings is 1. The van der Waals surface area contributed by atoms with Crippen LogP contribution in [0.2, 0.25) is 0 Å². The maximum Gasteiger partial charge on any atom is 0.303 e. The van der Waals surface area contributed by atoms with E-state index in [1.54, 1.807) is 0 Å². The number of rotatable bonds is 9. The van der Waals surface area contributed by atoms with Gasteiger partial charge in [-0.15, -0.1) is 0 Å². The number of carbonyl (C=O) groups is 1. The first-order chi connectivity index (χ1) is 28.0. The molecule has 9 aliphatic heterocycles. The van der Waals surface area contributed by atoms with Gasteiger partial charge in [-0.2, -0.15) is 0 Å². The summed E-state index contributed by atoms with van der Waals surface area (Å²) in [5.41, 5.74) is 0.397. The van der Waals surface area contributed by atoms with Gasteiger partial charge >= 0.3 is 5.97 Å². The van der Waals surface area contributed by atoms with E-state index in [2.05, 4.69) is 52.6 Å². The first-order valence-electron chi connectivity index (χ1n) is 22.8. The van der Waals surface area contributed by atoms with Crippen LogP contribution in [0.1, 0.15) is 125 Å². The molecule has 0 aromatic heterocycles. The monoisotopic (exact) mass is 827 g/mol. The van der Waals surface area contributed by atoms with Crippen LogP contribution in [0, 0.1) is 29.6 Å². The number of aliphatic hydroxyl groups is 2. The van der Waals surface area contributed by atoms with Gasteiger partial charge < -0.3 is 53.2 Å². The van der Waals surface area contributed by atoms with E-state index in [-0.39, 0.29) is 61.3 Å². The summed E-state index contributed by atoms with van der Waals surface area (Å²) in [6.45, 7) is 16.5. The molecule has 0 saturated carbocycles. The number of ether oxygens (including phenoxy) is 8. The zero-order chi connectivity index (χ0) is 41.5. The van der Waals surface area contributed by atoms with E-state index in [1.165, 1.54) is 0 Å². The highest BCUT2D eigenvalue weighted by atomic mass is 16.8. The van der Waals surface area contributed by atoms with E-state index in [1.807, 2.05) is 18.2 Å². The number of hydrogen-bond donors (Lipinski definition) is 4. The lowest BCUT2D eigenvalue weighted by Crippen LogP contribution is -2.60. The Morgan fingerprint density at radius 2 is 1.71 bits per heavy atom. The molecule has 9 aliphatic rings. The second-order valence-electron chi connectivity index (χ2n) is 20.4. The molecule has 13 heteroatoms. The molecule has 0 aromatic carbocycles. The van der Waals surface area contributed by atoms with Crippen molar-refractivity contribution in [2.24, 2.45) is 29.6 Å². The third kappa shape index (κ3) is 7.96. The van der Waals surface area contributed by atoms with Gasteiger partial charge in [0, 0.05) is 70.3 Å². The number of aliphatic hydroxyl groups excluding tert-OH is 1. The summed E-state index contributed by atoms with van der Waals surface area (Å²) in [6, 6.07) is 0. The van der Waals surface area contributed by atoms with Crippen LogP contribution < -0.4 is 5.32 Å². The molecule has 2 bridgehead atoms. The Morgan fingerprint density at radius 1 is 0.898 bits per heavy atom. The van der Waals surface area contributed by atoms with Gasteiger partial charge in [0.15, 0.2) is 23.1 Å². The largest absolute Gasteiger partial charge is 0.481 e. The van der Waals surface area contributed by atoms with Crippen molar-refractivity contribution < 1.29 is 58.0 Å². The first-order valence-corrected chi connectivity index (χ1v) is 22.8. The van der Waals surface area contributed by atoms with Crippen LogP contribution in [-0.2, 0) is 42.7 Å². The molecular weight excluding hydrogens is 759 g/mol. The van der Waals surface area contributed by atoms with Gasteiger partial charge in [0.1, 0.15) is 17.9 Å². The minimum atomic E-state index is -1.84. The standard InChI is InChI=1S/C46H69NO12/c1-26-19-35-40-37(24-44(57-40)30(5)18-27(2)25-47-44)55-43(22-26,54-35)23-29(4)39-28(3)13-15-45(51,58-39)41(50)36-21-34-33(52-36)20-31(6)46(56-34)17-16-42(59-46)14-9-11-32(53-42)10-7-8-12-38(48)49/h7,9-11,26-28,30-37,39-41,47,50-51H,4,8,12-25H2,1-3,5-6H3,(H,48,49)/b10-7+/t26-,27+,28-,30-,31+,32+,33+,34+,35?,36-,37+,39-,40+,41+,42-,43-,44-,45+,46+/m0/s1. The van der Waals surface area contributed by atoms with Crippen LogP contribution in [-0.4, -0.2) is 112 Å². The van der Waals surface area contributed by atoms with Crippen molar-refractivity contribution in [2.45, 2.75) is 208 Å². The van der Waals surface area contributed by atoms with Crippen molar-refractivity contribution in [1.82, 2.24) is 5.32 Å². The fraction of sp³-hybridized carbons (Fsp3) is 0.848. The maximum absolute atomic E-state index is 12.2. The quantitative estimate of drug-likeness (QED) is 0.200. The predicted octanol–water partition coefficient (Wildman–Crippen LogP) is 6.01. The number of fused-ring (bicyclic) bond motifs is 5. The smallest absolute Gasteiger partial charge is 0.303 e. The lowest BCUT2D eigenvalue weighted by atomic mass is 9.79. The predicted molar refractivity (Wildman–Crippen MR) is 214 cm³/mol. The summed E-state index contributed by atoms with van der Waals surface area (Å²) >= 11 is 0. The van der Waals surface area contributed by atoms with Crippen LogP contribution in [0.4, 0.5) is 0 Å². The molecule has 0 amide bonds. The van der Waals surface area contributed by atoms with Gasteiger partial charge in [-0.05, 0) is 61.3 Å². The summed E-state index contributed by atoms with van der Waals surface area (Å²) in [7, 11) is 0. The van der Waals surface area contributed by atoms with Crippen molar-refractivity contribution >= 4 is 5.97 Å². The van der Waals surface area contributed by atoms with Crippen LogP contribution in [0.5, 0.6) is 0 Å². The van der Waals surface area contributed by atoms with Crippen LogP contribution in [0.25, 0.3) is 0 Å². The van der Waals surface area contributed by atoms with E-state index < -0.39 is 53.2 Å². The van der Waals surface area contributed by atoms with Gasteiger partial charge in [0.2, 0.25) is 0 Å².